The number of hydrogen-bond donors (Lipinski definition) is 1. The molecule has 0 spiro atoms. The van der Waals surface area contributed by atoms with Crippen LogP contribution in [0.25, 0.3) is 11.3 Å². The number of thiazole rings is 1. The number of oxazole rings is 1. The summed E-state index contributed by atoms with van der Waals surface area (Å²) < 4.78 is 5.24. The Balaban J connectivity index is 1.63. The summed E-state index contributed by atoms with van der Waals surface area (Å²) in [4.78, 5) is 8.32. The first-order valence-electron chi connectivity index (χ1n) is 6.57. The Labute approximate surface area is 126 Å². The highest BCUT2D eigenvalue weighted by atomic mass is 32.1. The predicted octanol–water partition coefficient (Wildman–Crippen LogP) is 3.81. The summed E-state index contributed by atoms with van der Waals surface area (Å²) in [7, 11) is 0. The predicted molar refractivity (Wildman–Crippen MR) is 84.6 cm³/mol. The molecule has 0 saturated carbocycles. The van der Waals surface area contributed by atoms with Crippen LogP contribution >= 0.6 is 11.3 Å². The fraction of sp³-hybridized carbons (Fsp3) is 0.133. The molecule has 0 aliphatic carbocycles. The van der Waals surface area contributed by atoms with Crippen molar-refractivity contribution >= 4 is 23.2 Å². The molecule has 0 fully saturated rings. The molecule has 3 rings (SSSR count). The molecule has 3 aromatic rings. The number of anilines is 1. The van der Waals surface area contributed by atoms with Crippen LogP contribution in [0.4, 0.5) is 5.69 Å². The van der Waals surface area contributed by atoms with Crippen molar-refractivity contribution in [1.82, 2.24) is 9.97 Å². The highest BCUT2D eigenvalue weighted by molar-refractivity contribution is 7.11. The van der Waals surface area contributed by atoms with Gasteiger partial charge in [-0.15, -0.1) is 11.3 Å². The first kappa shape index (κ1) is 13.5. The van der Waals surface area contributed by atoms with Crippen LogP contribution in [-0.4, -0.2) is 16.2 Å². The van der Waals surface area contributed by atoms with Gasteiger partial charge in [0.2, 0.25) is 0 Å². The van der Waals surface area contributed by atoms with Gasteiger partial charge in [-0.25, -0.2) is 9.97 Å². The fourth-order valence-corrected chi connectivity index (χ4v) is 2.53. The van der Waals surface area contributed by atoms with Gasteiger partial charge >= 0.3 is 0 Å². The lowest BCUT2D eigenvalue weighted by Gasteiger charge is -2.00. The fourth-order valence-electron chi connectivity index (χ4n) is 1.77. The smallest absolute Gasteiger partial charge is 0.181 e. The maximum absolute atomic E-state index is 5.24. The second-order valence-electron chi connectivity index (χ2n) is 4.34. The number of hydrogen-bond acceptors (Lipinski definition) is 6. The highest BCUT2D eigenvalue weighted by Crippen LogP contribution is 2.20. The second kappa shape index (κ2) is 6.32. The third-order valence-corrected chi connectivity index (χ3v) is 3.73. The van der Waals surface area contributed by atoms with E-state index in [9.17, 15) is 0 Å². The van der Waals surface area contributed by atoms with E-state index in [1.54, 1.807) is 23.7 Å². The average Bonchev–Trinajstić information content (AvgIpc) is 3.19. The van der Waals surface area contributed by atoms with E-state index in [4.69, 9.17) is 4.42 Å². The maximum Gasteiger partial charge on any atom is 0.181 e. The summed E-state index contributed by atoms with van der Waals surface area (Å²) in [5.41, 5.74) is 5.96. The van der Waals surface area contributed by atoms with Crippen LogP contribution in [-0.2, 0) is 6.42 Å². The standard InChI is InChI=1S/C15H14N4OS/c1-2-12-9-21-15(18-12)8-17-19-13-5-3-11(4-6-13)14-7-16-10-20-14/h3-10,19H,2H2,1H3/b17-8-. The summed E-state index contributed by atoms with van der Waals surface area (Å²) >= 11 is 1.59. The molecule has 2 heterocycles. The van der Waals surface area contributed by atoms with Gasteiger partial charge in [0.05, 0.1) is 23.8 Å². The van der Waals surface area contributed by atoms with Crippen LogP contribution in [0.5, 0.6) is 0 Å². The third-order valence-electron chi connectivity index (χ3n) is 2.90. The van der Waals surface area contributed by atoms with E-state index in [0.717, 1.165) is 34.1 Å². The zero-order chi connectivity index (χ0) is 14.5. The zero-order valence-corrected chi connectivity index (χ0v) is 12.3. The number of nitrogens with zero attached hydrogens (tertiary/aromatic N) is 3. The summed E-state index contributed by atoms with van der Waals surface area (Å²) in [6.07, 6.45) is 5.79. The number of benzene rings is 1. The first-order valence-corrected chi connectivity index (χ1v) is 7.45. The monoisotopic (exact) mass is 298 g/mol. The molecular weight excluding hydrogens is 284 g/mol. The average molecular weight is 298 g/mol. The van der Waals surface area contributed by atoms with E-state index in [0.29, 0.717) is 0 Å². The molecular formula is C15H14N4OS. The number of rotatable bonds is 5. The highest BCUT2D eigenvalue weighted by Gasteiger charge is 2.00. The van der Waals surface area contributed by atoms with Crippen LogP contribution in [0.2, 0.25) is 0 Å². The molecule has 0 aliphatic rings. The van der Waals surface area contributed by atoms with E-state index >= 15 is 0 Å². The molecule has 1 N–H and O–H groups in total. The SMILES string of the molecule is CCc1csc(/C=N\Nc2ccc(-c3cnco3)cc2)n1. The Morgan fingerprint density at radius 2 is 2.19 bits per heavy atom. The minimum atomic E-state index is 0.750. The molecule has 0 aliphatic heterocycles. The van der Waals surface area contributed by atoms with E-state index in [-0.39, 0.29) is 0 Å². The van der Waals surface area contributed by atoms with Crippen molar-refractivity contribution < 1.29 is 4.42 Å². The van der Waals surface area contributed by atoms with Gasteiger partial charge in [0, 0.05) is 10.9 Å². The van der Waals surface area contributed by atoms with Crippen molar-refractivity contribution in [1.29, 1.82) is 0 Å². The van der Waals surface area contributed by atoms with E-state index < -0.39 is 0 Å². The van der Waals surface area contributed by atoms with Gasteiger partial charge in [-0.2, -0.15) is 5.10 Å². The number of nitrogens with one attached hydrogen (secondary N) is 1. The molecule has 0 bridgehead atoms. The molecule has 0 amide bonds. The van der Waals surface area contributed by atoms with Gasteiger partial charge in [-0.05, 0) is 30.7 Å². The van der Waals surface area contributed by atoms with Gasteiger partial charge < -0.3 is 4.42 Å². The van der Waals surface area contributed by atoms with Crippen molar-refractivity contribution in [2.24, 2.45) is 5.10 Å². The molecule has 6 heteroatoms. The third kappa shape index (κ3) is 3.35. The quantitative estimate of drug-likeness (QED) is 0.574. The van der Waals surface area contributed by atoms with Crippen LogP contribution in [0, 0.1) is 0 Å². The first-order chi connectivity index (χ1) is 10.3. The molecule has 5 nitrogen and oxygen atoms in total. The largest absolute Gasteiger partial charge is 0.444 e. The maximum atomic E-state index is 5.24. The lowest BCUT2D eigenvalue weighted by Crippen LogP contribution is -1.90. The summed E-state index contributed by atoms with van der Waals surface area (Å²) in [5, 5.41) is 7.14. The van der Waals surface area contributed by atoms with Crippen molar-refractivity contribution in [3.63, 3.8) is 0 Å². The molecule has 1 aromatic carbocycles. The van der Waals surface area contributed by atoms with Crippen molar-refractivity contribution in [3.05, 3.63) is 52.9 Å². The molecule has 2 aromatic heterocycles. The topological polar surface area (TPSA) is 63.3 Å². The van der Waals surface area contributed by atoms with Gasteiger partial charge in [0.15, 0.2) is 12.2 Å². The molecule has 106 valence electrons. The minimum Gasteiger partial charge on any atom is -0.444 e. The van der Waals surface area contributed by atoms with Gasteiger partial charge in [-0.3, -0.25) is 5.43 Å². The summed E-state index contributed by atoms with van der Waals surface area (Å²) in [6, 6.07) is 7.79. The van der Waals surface area contributed by atoms with Crippen molar-refractivity contribution in [2.75, 3.05) is 5.43 Å². The lowest BCUT2D eigenvalue weighted by molar-refractivity contribution is 0.572. The Morgan fingerprint density at radius 1 is 1.33 bits per heavy atom. The summed E-state index contributed by atoms with van der Waals surface area (Å²) in [5.74, 6) is 0.750. The van der Waals surface area contributed by atoms with Gasteiger partial charge in [0.25, 0.3) is 0 Å². The van der Waals surface area contributed by atoms with Crippen molar-refractivity contribution in [3.8, 4) is 11.3 Å². The Kier molecular flexibility index (Phi) is 4.07. The van der Waals surface area contributed by atoms with Crippen LogP contribution in [0.1, 0.15) is 17.6 Å². The zero-order valence-electron chi connectivity index (χ0n) is 11.5. The molecule has 0 radical (unpaired) electrons. The Hall–Kier alpha value is -2.47. The number of aryl methyl sites for hydroxylation is 1. The molecule has 21 heavy (non-hydrogen) atoms. The van der Waals surface area contributed by atoms with Crippen LogP contribution < -0.4 is 5.43 Å². The van der Waals surface area contributed by atoms with Gasteiger partial charge in [0.1, 0.15) is 5.01 Å². The lowest BCUT2D eigenvalue weighted by atomic mass is 10.2. The second-order valence-corrected chi connectivity index (χ2v) is 5.23. The molecule has 0 atom stereocenters. The normalized spacial score (nSPS) is 11.1. The Bertz CT molecular complexity index is 716. The van der Waals surface area contributed by atoms with E-state index in [1.165, 1.54) is 6.39 Å². The van der Waals surface area contributed by atoms with Crippen molar-refractivity contribution in [2.45, 2.75) is 13.3 Å². The molecule has 0 saturated heterocycles. The van der Waals surface area contributed by atoms with Crippen LogP contribution in [0.15, 0.2) is 51.8 Å². The van der Waals surface area contributed by atoms with E-state index in [1.807, 2.05) is 29.6 Å². The van der Waals surface area contributed by atoms with Crippen LogP contribution in [0.3, 0.4) is 0 Å². The summed E-state index contributed by atoms with van der Waals surface area (Å²) in [6.45, 7) is 2.09. The number of hydrazone groups is 1. The Morgan fingerprint density at radius 3 is 2.86 bits per heavy atom. The molecule has 0 unspecified atom stereocenters. The van der Waals surface area contributed by atoms with Gasteiger partial charge in [-0.1, -0.05) is 6.92 Å². The number of aromatic nitrogens is 2. The minimum absolute atomic E-state index is 0.750. The van der Waals surface area contributed by atoms with E-state index in [2.05, 4.69) is 27.4 Å².